The molecule has 0 aliphatic heterocycles. The molecular formula is C8H9N5S. The predicted octanol–water partition coefficient (Wildman–Crippen LogP) is 1.24. The van der Waals surface area contributed by atoms with Gasteiger partial charge in [-0.1, -0.05) is 0 Å². The van der Waals surface area contributed by atoms with E-state index >= 15 is 0 Å². The number of pyridine rings is 1. The third-order valence-electron chi connectivity index (χ3n) is 1.53. The van der Waals surface area contributed by atoms with Crippen LogP contribution in [-0.2, 0) is 0 Å². The fourth-order valence-electron chi connectivity index (χ4n) is 0.942. The summed E-state index contributed by atoms with van der Waals surface area (Å²) < 4.78 is 0. The van der Waals surface area contributed by atoms with E-state index in [1.54, 1.807) is 18.3 Å². The van der Waals surface area contributed by atoms with Crippen molar-refractivity contribution in [2.75, 3.05) is 5.73 Å². The summed E-state index contributed by atoms with van der Waals surface area (Å²) in [7, 11) is 0. The molecular weight excluding hydrogens is 198 g/mol. The minimum Gasteiger partial charge on any atom is -0.399 e. The van der Waals surface area contributed by atoms with Gasteiger partial charge < -0.3 is 5.73 Å². The van der Waals surface area contributed by atoms with Gasteiger partial charge in [-0.15, -0.1) is 5.10 Å². The summed E-state index contributed by atoms with van der Waals surface area (Å²) in [6.45, 7) is 1.85. The molecule has 72 valence electrons. The minimum absolute atomic E-state index is 0.653. The zero-order chi connectivity index (χ0) is 9.97. The van der Waals surface area contributed by atoms with Crippen molar-refractivity contribution in [3.63, 3.8) is 0 Å². The number of hydrogen-bond donors (Lipinski definition) is 2. The summed E-state index contributed by atoms with van der Waals surface area (Å²) in [4.78, 5) is 8.28. The Kier molecular flexibility index (Phi) is 2.36. The summed E-state index contributed by atoms with van der Waals surface area (Å²) in [5, 5.41) is 8.20. The van der Waals surface area contributed by atoms with Crippen LogP contribution in [0.15, 0.2) is 28.5 Å². The minimum atomic E-state index is 0.653. The highest BCUT2D eigenvalue weighted by Gasteiger charge is 2.03. The number of aryl methyl sites for hydroxylation is 1. The molecule has 0 atom stereocenters. The van der Waals surface area contributed by atoms with Gasteiger partial charge in [0.2, 0.25) is 5.16 Å². The van der Waals surface area contributed by atoms with Gasteiger partial charge in [0.25, 0.3) is 0 Å². The molecule has 14 heavy (non-hydrogen) atoms. The van der Waals surface area contributed by atoms with Crippen molar-refractivity contribution in [3.05, 3.63) is 24.2 Å². The van der Waals surface area contributed by atoms with E-state index in [4.69, 9.17) is 5.73 Å². The van der Waals surface area contributed by atoms with Gasteiger partial charge in [-0.2, -0.15) is 0 Å². The number of H-pyrrole nitrogens is 1. The van der Waals surface area contributed by atoms with Gasteiger partial charge in [-0.05, 0) is 30.8 Å². The Hall–Kier alpha value is -1.56. The van der Waals surface area contributed by atoms with Gasteiger partial charge in [-0.3, -0.25) is 5.10 Å². The van der Waals surface area contributed by atoms with E-state index in [1.807, 2.05) is 6.92 Å². The zero-order valence-corrected chi connectivity index (χ0v) is 8.38. The Bertz CT molecular complexity index is 439. The second-order valence-corrected chi connectivity index (χ2v) is 3.72. The van der Waals surface area contributed by atoms with Crippen LogP contribution in [0.5, 0.6) is 0 Å². The average Bonchev–Trinajstić information content (AvgIpc) is 2.51. The molecule has 0 aliphatic rings. The third kappa shape index (κ3) is 2.02. The van der Waals surface area contributed by atoms with Crippen molar-refractivity contribution in [3.8, 4) is 0 Å². The molecule has 6 heteroatoms. The molecule has 2 aromatic rings. The van der Waals surface area contributed by atoms with Crippen LogP contribution in [0, 0.1) is 6.92 Å². The van der Waals surface area contributed by atoms with Gasteiger partial charge in [0.15, 0.2) is 0 Å². The van der Waals surface area contributed by atoms with Crippen molar-refractivity contribution in [2.24, 2.45) is 0 Å². The number of hydrogen-bond acceptors (Lipinski definition) is 5. The molecule has 5 nitrogen and oxygen atoms in total. The third-order valence-corrected chi connectivity index (χ3v) is 2.33. The molecule has 2 heterocycles. The SMILES string of the molecule is Cc1nc(Sc2cc(N)ccn2)n[nH]1. The Morgan fingerprint density at radius 3 is 3.00 bits per heavy atom. The first kappa shape index (κ1) is 9.01. The summed E-state index contributed by atoms with van der Waals surface area (Å²) in [6, 6.07) is 3.53. The van der Waals surface area contributed by atoms with Crippen LogP contribution < -0.4 is 5.73 Å². The second kappa shape index (κ2) is 3.67. The number of nitrogens with one attached hydrogen (secondary N) is 1. The van der Waals surface area contributed by atoms with E-state index in [-0.39, 0.29) is 0 Å². The van der Waals surface area contributed by atoms with Gasteiger partial charge in [0, 0.05) is 11.9 Å². The van der Waals surface area contributed by atoms with Crippen LogP contribution in [0.2, 0.25) is 0 Å². The molecule has 0 saturated carbocycles. The number of anilines is 1. The first-order valence-electron chi connectivity index (χ1n) is 4.02. The molecule has 0 saturated heterocycles. The second-order valence-electron chi connectivity index (χ2n) is 2.73. The fraction of sp³-hybridized carbons (Fsp3) is 0.125. The average molecular weight is 207 g/mol. The quantitative estimate of drug-likeness (QED) is 0.774. The lowest BCUT2D eigenvalue weighted by Gasteiger charge is -1.96. The highest BCUT2D eigenvalue weighted by Crippen LogP contribution is 2.23. The van der Waals surface area contributed by atoms with E-state index in [0.29, 0.717) is 10.8 Å². The standard InChI is InChI=1S/C8H9N5S/c1-5-11-8(13-12-5)14-7-4-6(9)2-3-10-7/h2-4H,1H3,(H2,9,10)(H,11,12,13). The fourth-order valence-corrected chi connectivity index (χ4v) is 1.71. The first-order chi connectivity index (χ1) is 6.74. The molecule has 0 amide bonds. The number of aromatic amines is 1. The molecule has 0 fully saturated rings. The Morgan fingerprint density at radius 1 is 1.50 bits per heavy atom. The molecule has 0 bridgehead atoms. The Labute approximate surface area is 85.2 Å². The van der Waals surface area contributed by atoms with Crippen molar-refractivity contribution in [2.45, 2.75) is 17.1 Å². The lowest BCUT2D eigenvalue weighted by molar-refractivity contribution is 0.964. The maximum absolute atomic E-state index is 5.62. The number of nitrogen functional groups attached to an aromatic ring is 1. The summed E-state index contributed by atoms with van der Waals surface area (Å²) in [6.07, 6.45) is 1.66. The highest BCUT2D eigenvalue weighted by molar-refractivity contribution is 7.99. The van der Waals surface area contributed by atoms with Crippen LogP contribution in [0.25, 0.3) is 0 Å². The Morgan fingerprint density at radius 2 is 2.36 bits per heavy atom. The lowest BCUT2D eigenvalue weighted by Crippen LogP contribution is -1.87. The molecule has 0 aliphatic carbocycles. The molecule has 2 aromatic heterocycles. The largest absolute Gasteiger partial charge is 0.399 e. The van der Waals surface area contributed by atoms with Crippen molar-refractivity contribution >= 4 is 17.4 Å². The maximum atomic E-state index is 5.62. The molecule has 0 aromatic carbocycles. The van der Waals surface area contributed by atoms with Crippen molar-refractivity contribution in [1.82, 2.24) is 20.2 Å². The normalized spacial score (nSPS) is 10.4. The van der Waals surface area contributed by atoms with Gasteiger partial charge in [0.1, 0.15) is 10.9 Å². The summed E-state index contributed by atoms with van der Waals surface area (Å²) in [5.41, 5.74) is 6.31. The summed E-state index contributed by atoms with van der Waals surface area (Å²) in [5.74, 6) is 0.788. The predicted molar refractivity (Wildman–Crippen MR) is 53.9 cm³/mol. The summed E-state index contributed by atoms with van der Waals surface area (Å²) >= 11 is 1.38. The van der Waals surface area contributed by atoms with Crippen LogP contribution in [0.3, 0.4) is 0 Å². The zero-order valence-electron chi connectivity index (χ0n) is 7.56. The van der Waals surface area contributed by atoms with Crippen LogP contribution in [0.1, 0.15) is 5.82 Å². The molecule has 0 spiro atoms. The van der Waals surface area contributed by atoms with E-state index < -0.39 is 0 Å². The van der Waals surface area contributed by atoms with Crippen molar-refractivity contribution in [1.29, 1.82) is 0 Å². The maximum Gasteiger partial charge on any atom is 0.214 e. The molecule has 0 radical (unpaired) electrons. The monoisotopic (exact) mass is 207 g/mol. The molecule has 0 unspecified atom stereocenters. The lowest BCUT2D eigenvalue weighted by atomic mass is 10.4. The van der Waals surface area contributed by atoms with E-state index in [2.05, 4.69) is 20.2 Å². The van der Waals surface area contributed by atoms with E-state index in [1.165, 1.54) is 11.8 Å². The van der Waals surface area contributed by atoms with Crippen molar-refractivity contribution < 1.29 is 0 Å². The first-order valence-corrected chi connectivity index (χ1v) is 4.84. The molecule has 3 N–H and O–H groups in total. The highest BCUT2D eigenvalue weighted by atomic mass is 32.2. The number of nitrogens with zero attached hydrogens (tertiary/aromatic N) is 3. The number of aromatic nitrogens is 4. The van der Waals surface area contributed by atoms with Crippen LogP contribution in [0.4, 0.5) is 5.69 Å². The Balaban J connectivity index is 2.18. The van der Waals surface area contributed by atoms with E-state index in [9.17, 15) is 0 Å². The van der Waals surface area contributed by atoms with Gasteiger partial charge >= 0.3 is 0 Å². The number of nitrogens with two attached hydrogens (primary N) is 1. The van der Waals surface area contributed by atoms with Gasteiger partial charge in [0.05, 0.1) is 0 Å². The van der Waals surface area contributed by atoms with Crippen LogP contribution in [-0.4, -0.2) is 20.2 Å². The van der Waals surface area contributed by atoms with Gasteiger partial charge in [-0.25, -0.2) is 9.97 Å². The van der Waals surface area contributed by atoms with Crippen LogP contribution >= 0.6 is 11.8 Å². The molecule has 2 rings (SSSR count). The topological polar surface area (TPSA) is 80.5 Å². The number of rotatable bonds is 2. The smallest absolute Gasteiger partial charge is 0.214 e. The van der Waals surface area contributed by atoms with E-state index in [0.717, 1.165) is 10.9 Å².